The second-order valence-corrected chi connectivity index (χ2v) is 4.31. The number of esters is 1. The van der Waals surface area contributed by atoms with E-state index in [4.69, 9.17) is 0 Å². The van der Waals surface area contributed by atoms with Crippen LogP contribution in [0.3, 0.4) is 0 Å². The van der Waals surface area contributed by atoms with Gasteiger partial charge in [0.2, 0.25) is 0 Å². The van der Waals surface area contributed by atoms with Crippen molar-refractivity contribution in [3.8, 4) is 5.75 Å². The lowest BCUT2D eigenvalue weighted by Gasteiger charge is -2.12. The fraction of sp³-hybridized carbons (Fsp3) is 0.267. The second-order valence-electron chi connectivity index (χ2n) is 4.31. The van der Waals surface area contributed by atoms with E-state index < -0.39 is 12.1 Å². The Bertz CT molecular complexity index is 503. The zero-order valence-electron chi connectivity index (χ0n) is 11.1. The number of aliphatic hydroxyl groups is 1. The Kier molecular flexibility index (Phi) is 5.33. The third-order valence-corrected chi connectivity index (χ3v) is 2.70. The van der Waals surface area contributed by atoms with Crippen LogP contribution in [-0.4, -0.2) is 29.4 Å². The number of hydrogen-bond acceptors (Lipinski definition) is 4. The zero-order chi connectivity index (χ0) is 14.4. The number of benzene rings is 1. The van der Waals surface area contributed by atoms with Crippen LogP contribution < -0.4 is 0 Å². The summed E-state index contributed by atoms with van der Waals surface area (Å²) in [7, 11) is 1.30. The smallest absolute Gasteiger partial charge is 0.330 e. The molecule has 0 fully saturated rings. The summed E-state index contributed by atoms with van der Waals surface area (Å²) < 4.78 is 4.50. The summed E-state index contributed by atoms with van der Waals surface area (Å²) in [5.41, 5.74) is 1.98. The predicted molar refractivity (Wildman–Crippen MR) is 73.7 cm³/mol. The lowest BCUT2D eigenvalue weighted by atomic mass is 10.0. The van der Waals surface area contributed by atoms with Gasteiger partial charge in [-0.05, 0) is 36.3 Å². The van der Waals surface area contributed by atoms with Gasteiger partial charge in [0, 0.05) is 12.5 Å². The quantitative estimate of drug-likeness (QED) is 0.484. The molecule has 2 N–H and O–H groups in total. The van der Waals surface area contributed by atoms with Crippen LogP contribution in [0.1, 0.15) is 18.1 Å². The number of methoxy groups -OCH3 is 1. The molecule has 1 aromatic rings. The molecular weight excluding hydrogens is 244 g/mol. The molecule has 0 amide bonds. The van der Waals surface area contributed by atoms with E-state index in [0.29, 0.717) is 11.1 Å². The molecule has 0 saturated heterocycles. The van der Waals surface area contributed by atoms with Crippen molar-refractivity contribution in [3.05, 3.63) is 47.6 Å². The van der Waals surface area contributed by atoms with Crippen LogP contribution in [0, 0.1) is 0 Å². The molecule has 0 aliphatic rings. The summed E-state index contributed by atoms with van der Waals surface area (Å²) >= 11 is 0. The van der Waals surface area contributed by atoms with Crippen LogP contribution in [-0.2, 0) is 16.0 Å². The molecule has 4 heteroatoms. The number of carbonyl (C=O) groups excluding carboxylic acids is 1. The number of phenols is 1. The Labute approximate surface area is 112 Å². The van der Waals surface area contributed by atoms with Crippen molar-refractivity contribution in [1.82, 2.24) is 0 Å². The number of aromatic hydroxyl groups is 1. The summed E-state index contributed by atoms with van der Waals surface area (Å²) in [5.74, 6) is -0.341. The van der Waals surface area contributed by atoms with Gasteiger partial charge in [0.25, 0.3) is 0 Å². The molecule has 19 heavy (non-hydrogen) atoms. The minimum absolute atomic E-state index is 0.107. The third kappa shape index (κ3) is 4.60. The average Bonchev–Trinajstić information content (AvgIpc) is 2.38. The predicted octanol–water partition coefficient (Wildman–Crippen LogP) is 2.06. The second kappa shape index (κ2) is 6.75. The van der Waals surface area contributed by atoms with Crippen LogP contribution in [0.25, 0.3) is 6.08 Å². The van der Waals surface area contributed by atoms with Crippen molar-refractivity contribution in [2.45, 2.75) is 19.4 Å². The SMILES string of the molecule is C=C(C)C(O)Cc1cc(C=CC(=O)OC)ccc1O. The van der Waals surface area contributed by atoms with E-state index in [1.807, 2.05) is 0 Å². The van der Waals surface area contributed by atoms with Crippen LogP contribution in [0.15, 0.2) is 36.4 Å². The molecule has 0 radical (unpaired) electrons. The molecular formula is C15H18O4. The van der Waals surface area contributed by atoms with E-state index in [-0.39, 0.29) is 12.2 Å². The lowest BCUT2D eigenvalue weighted by Crippen LogP contribution is -2.11. The van der Waals surface area contributed by atoms with Gasteiger partial charge in [-0.15, -0.1) is 0 Å². The fourth-order valence-corrected chi connectivity index (χ4v) is 1.49. The van der Waals surface area contributed by atoms with E-state index >= 15 is 0 Å². The van der Waals surface area contributed by atoms with E-state index in [1.165, 1.54) is 19.3 Å². The van der Waals surface area contributed by atoms with Gasteiger partial charge in [-0.3, -0.25) is 0 Å². The number of rotatable bonds is 5. The van der Waals surface area contributed by atoms with Crippen molar-refractivity contribution in [3.63, 3.8) is 0 Å². The summed E-state index contributed by atoms with van der Waals surface area (Å²) in [4.78, 5) is 11.0. The number of hydrogen-bond donors (Lipinski definition) is 2. The Morgan fingerprint density at radius 2 is 2.21 bits per heavy atom. The molecule has 0 aromatic heterocycles. The topological polar surface area (TPSA) is 66.8 Å². The Hall–Kier alpha value is -2.07. The summed E-state index contributed by atoms with van der Waals surface area (Å²) in [6.07, 6.45) is 2.46. The summed E-state index contributed by atoms with van der Waals surface area (Å²) in [6.45, 7) is 5.39. The monoisotopic (exact) mass is 262 g/mol. The van der Waals surface area contributed by atoms with E-state index in [2.05, 4.69) is 11.3 Å². The zero-order valence-corrected chi connectivity index (χ0v) is 11.1. The molecule has 0 heterocycles. The van der Waals surface area contributed by atoms with Crippen LogP contribution in [0.2, 0.25) is 0 Å². The molecule has 4 nitrogen and oxygen atoms in total. The number of phenolic OH excluding ortho intramolecular Hbond substituents is 1. The van der Waals surface area contributed by atoms with E-state index in [0.717, 1.165) is 5.56 Å². The lowest BCUT2D eigenvalue weighted by molar-refractivity contribution is -0.134. The maximum absolute atomic E-state index is 11.0. The third-order valence-electron chi connectivity index (χ3n) is 2.70. The van der Waals surface area contributed by atoms with Gasteiger partial charge in [-0.2, -0.15) is 0 Å². The normalized spacial score (nSPS) is 12.4. The van der Waals surface area contributed by atoms with Gasteiger partial charge in [0.05, 0.1) is 13.2 Å². The largest absolute Gasteiger partial charge is 0.508 e. The van der Waals surface area contributed by atoms with Gasteiger partial charge in [0.15, 0.2) is 0 Å². The first-order chi connectivity index (χ1) is 8.93. The highest BCUT2D eigenvalue weighted by molar-refractivity contribution is 5.86. The Morgan fingerprint density at radius 3 is 2.79 bits per heavy atom. The van der Waals surface area contributed by atoms with Crippen LogP contribution in [0.4, 0.5) is 0 Å². The number of ether oxygens (including phenoxy) is 1. The molecule has 0 spiro atoms. The van der Waals surface area contributed by atoms with E-state index in [9.17, 15) is 15.0 Å². The number of carbonyl (C=O) groups is 1. The first-order valence-corrected chi connectivity index (χ1v) is 5.85. The minimum atomic E-state index is -0.703. The molecule has 1 rings (SSSR count). The first-order valence-electron chi connectivity index (χ1n) is 5.85. The molecule has 0 aliphatic heterocycles. The fourth-order valence-electron chi connectivity index (χ4n) is 1.49. The molecule has 0 aliphatic carbocycles. The molecule has 1 atom stereocenters. The highest BCUT2D eigenvalue weighted by Gasteiger charge is 2.10. The van der Waals surface area contributed by atoms with Gasteiger partial charge in [-0.1, -0.05) is 18.2 Å². The summed E-state index contributed by atoms with van der Waals surface area (Å²) in [5, 5.41) is 19.5. The van der Waals surface area contributed by atoms with Crippen molar-refractivity contribution < 1.29 is 19.7 Å². The van der Waals surface area contributed by atoms with Crippen molar-refractivity contribution in [2.24, 2.45) is 0 Å². The highest BCUT2D eigenvalue weighted by atomic mass is 16.5. The van der Waals surface area contributed by atoms with Crippen molar-refractivity contribution >= 4 is 12.0 Å². The van der Waals surface area contributed by atoms with Gasteiger partial charge in [-0.25, -0.2) is 4.79 Å². The minimum Gasteiger partial charge on any atom is -0.508 e. The molecule has 1 unspecified atom stereocenters. The van der Waals surface area contributed by atoms with Gasteiger partial charge in [0.1, 0.15) is 5.75 Å². The first kappa shape index (κ1) is 15.0. The molecule has 102 valence electrons. The highest BCUT2D eigenvalue weighted by Crippen LogP contribution is 2.22. The Morgan fingerprint density at radius 1 is 1.53 bits per heavy atom. The Balaban J connectivity index is 2.91. The van der Waals surface area contributed by atoms with E-state index in [1.54, 1.807) is 25.1 Å². The molecule has 1 aromatic carbocycles. The van der Waals surface area contributed by atoms with Crippen LogP contribution in [0.5, 0.6) is 5.75 Å². The van der Waals surface area contributed by atoms with Crippen molar-refractivity contribution in [1.29, 1.82) is 0 Å². The number of aliphatic hydroxyl groups excluding tert-OH is 1. The maximum Gasteiger partial charge on any atom is 0.330 e. The van der Waals surface area contributed by atoms with Gasteiger partial charge < -0.3 is 14.9 Å². The molecule has 0 bridgehead atoms. The van der Waals surface area contributed by atoms with Gasteiger partial charge >= 0.3 is 5.97 Å². The average molecular weight is 262 g/mol. The van der Waals surface area contributed by atoms with Crippen LogP contribution >= 0.6 is 0 Å². The van der Waals surface area contributed by atoms with Crippen molar-refractivity contribution in [2.75, 3.05) is 7.11 Å². The maximum atomic E-state index is 11.0. The molecule has 0 saturated carbocycles. The standard InChI is InChI=1S/C15H18O4/c1-10(2)14(17)9-12-8-11(4-6-13(12)16)5-7-15(18)19-3/h4-8,14,16-17H,1,9H2,2-3H3. The summed E-state index contributed by atoms with van der Waals surface area (Å²) in [6, 6.07) is 4.91.